The van der Waals surface area contributed by atoms with E-state index < -0.39 is 0 Å². The zero-order valence-corrected chi connectivity index (χ0v) is 17.8. The fourth-order valence-corrected chi connectivity index (χ4v) is 4.27. The first-order chi connectivity index (χ1) is 15.6. The van der Waals surface area contributed by atoms with Crippen molar-refractivity contribution in [3.05, 3.63) is 106 Å². The van der Waals surface area contributed by atoms with Crippen LogP contribution in [0.4, 0.5) is 0 Å². The second kappa shape index (κ2) is 8.31. The molecule has 1 aliphatic rings. The van der Waals surface area contributed by atoms with Crippen LogP contribution in [0.2, 0.25) is 0 Å². The molecule has 32 heavy (non-hydrogen) atoms. The average Bonchev–Trinajstić information content (AvgIpc) is 3.20. The van der Waals surface area contributed by atoms with Crippen molar-refractivity contribution in [3.63, 3.8) is 0 Å². The molecule has 0 unspecified atom stereocenters. The van der Waals surface area contributed by atoms with Crippen LogP contribution in [0.1, 0.15) is 44.7 Å². The summed E-state index contributed by atoms with van der Waals surface area (Å²) in [5.74, 6) is -0.0734. The SMILES string of the molecule is Cc1ccccc1COC(=O)c1c2c(nc3ccccc13)/C(=C/c1ccc(O)cc1)CC2. The van der Waals surface area contributed by atoms with Crippen molar-refractivity contribution < 1.29 is 14.6 Å². The minimum atomic E-state index is -0.311. The van der Waals surface area contributed by atoms with Gasteiger partial charge in [0.15, 0.2) is 0 Å². The van der Waals surface area contributed by atoms with Gasteiger partial charge in [-0.1, -0.05) is 54.6 Å². The van der Waals surface area contributed by atoms with Crippen LogP contribution in [0.5, 0.6) is 5.75 Å². The molecule has 1 aliphatic carbocycles. The largest absolute Gasteiger partial charge is 0.508 e. The number of carbonyl (C=O) groups excluding carboxylic acids is 1. The molecule has 0 saturated heterocycles. The molecule has 0 amide bonds. The number of aromatic hydroxyl groups is 1. The van der Waals surface area contributed by atoms with E-state index in [-0.39, 0.29) is 18.3 Å². The number of benzene rings is 3. The molecule has 0 saturated carbocycles. The molecule has 4 nitrogen and oxygen atoms in total. The summed E-state index contributed by atoms with van der Waals surface area (Å²) < 4.78 is 5.78. The monoisotopic (exact) mass is 421 g/mol. The number of phenolic OH excluding ortho intramolecular Hbond substituents is 1. The van der Waals surface area contributed by atoms with Gasteiger partial charge in [-0.3, -0.25) is 0 Å². The summed E-state index contributed by atoms with van der Waals surface area (Å²) in [4.78, 5) is 18.2. The van der Waals surface area contributed by atoms with E-state index >= 15 is 0 Å². The van der Waals surface area contributed by atoms with Crippen LogP contribution < -0.4 is 0 Å². The standard InChI is InChI=1S/C28H23NO3/c1-18-6-2-3-7-21(18)17-32-28(31)26-23-8-4-5-9-25(23)29-27-20(12-15-24(26)27)16-19-10-13-22(30)14-11-19/h2-11,13-14,16,30H,12,15,17H2,1H3/b20-16+. The fraction of sp³-hybridized carbons (Fsp3) is 0.143. The molecular weight excluding hydrogens is 398 g/mol. The van der Waals surface area contributed by atoms with Gasteiger partial charge in [-0.25, -0.2) is 9.78 Å². The molecule has 3 aromatic carbocycles. The van der Waals surface area contributed by atoms with E-state index in [1.807, 2.05) is 67.6 Å². The van der Waals surface area contributed by atoms with Crippen molar-refractivity contribution in [1.29, 1.82) is 0 Å². The quantitative estimate of drug-likeness (QED) is 0.405. The highest BCUT2D eigenvalue weighted by Crippen LogP contribution is 2.38. The lowest BCUT2D eigenvalue weighted by atomic mass is 10.0. The number of pyridine rings is 1. The van der Waals surface area contributed by atoms with Gasteiger partial charge in [-0.2, -0.15) is 0 Å². The molecule has 0 radical (unpaired) electrons. The van der Waals surface area contributed by atoms with Gasteiger partial charge in [0.2, 0.25) is 0 Å². The number of carbonyl (C=O) groups is 1. The lowest BCUT2D eigenvalue weighted by molar-refractivity contribution is 0.0473. The molecule has 5 rings (SSSR count). The number of allylic oxidation sites excluding steroid dienone is 1. The van der Waals surface area contributed by atoms with Crippen molar-refractivity contribution in [2.45, 2.75) is 26.4 Å². The number of aromatic nitrogens is 1. The van der Waals surface area contributed by atoms with Crippen molar-refractivity contribution >= 4 is 28.5 Å². The van der Waals surface area contributed by atoms with Crippen molar-refractivity contribution in [2.24, 2.45) is 0 Å². The number of hydrogen-bond acceptors (Lipinski definition) is 4. The molecule has 0 spiro atoms. The maximum atomic E-state index is 13.3. The Bertz CT molecular complexity index is 1350. The van der Waals surface area contributed by atoms with E-state index in [2.05, 4.69) is 6.08 Å². The Morgan fingerprint density at radius 2 is 1.75 bits per heavy atom. The number of hydrogen-bond donors (Lipinski definition) is 1. The van der Waals surface area contributed by atoms with Crippen molar-refractivity contribution in [2.75, 3.05) is 0 Å². The number of phenols is 1. The summed E-state index contributed by atoms with van der Waals surface area (Å²) in [6.45, 7) is 2.26. The van der Waals surface area contributed by atoms with Gasteiger partial charge in [0.05, 0.1) is 16.8 Å². The zero-order valence-electron chi connectivity index (χ0n) is 17.8. The molecule has 1 aromatic heterocycles. The molecule has 1 heterocycles. The van der Waals surface area contributed by atoms with E-state index in [1.54, 1.807) is 12.1 Å². The van der Waals surface area contributed by atoms with Crippen LogP contribution in [-0.2, 0) is 17.8 Å². The van der Waals surface area contributed by atoms with E-state index in [0.29, 0.717) is 5.56 Å². The Kier molecular flexibility index (Phi) is 5.20. The number of esters is 1. The van der Waals surface area contributed by atoms with Gasteiger partial charge < -0.3 is 9.84 Å². The average molecular weight is 421 g/mol. The fourth-order valence-electron chi connectivity index (χ4n) is 4.27. The van der Waals surface area contributed by atoms with Gasteiger partial charge in [-0.05, 0) is 71.9 Å². The van der Waals surface area contributed by atoms with Gasteiger partial charge in [-0.15, -0.1) is 0 Å². The minimum Gasteiger partial charge on any atom is -0.508 e. The third-order valence-electron chi connectivity index (χ3n) is 6.00. The summed E-state index contributed by atoms with van der Waals surface area (Å²) in [5.41, 5.74) is 7.39. The maximum Gasteiger partial charge on any atom is 0.339 e. The second-order valence-electron chi connectivity index (χ2n) is 8.09. The molecule has 158 valence electrons. The maximum absolute atomic E-state index is 13.3. The summed E-state index contributed by atoms with van der Waals surface area (Å²) in [6.07, 6.45) is 3.62. The van der Waals surface area contributed by atoms with Gasteiger partial charge in [0.25, 0.3) is 0 Å². The van der Waals surface area contributed by atoms with Crippen LogP contribution >= 0.6 is 0 Å². The van der Waals surface area contributed by atoms with Crippen LogP contribution in [0.3, 0.4) is 0 Å². The molecular formula is C28H23NO3. The number of rotatable bonds is 4. The van der Waals surface area contributed by atoms with E-state index in [1.165, 1.54) is 0 Å². The number of ether oxygens (including phenoxy) is 1. The van der Waals surface area contributed by atoms with E-state index in [0.717, 1.165) is 57.3 Å². The first-order valence-corrected chi connectivity index (χ1v) is 10.7. The molecule has 4 heteroatoms. The van der Waals surface area contributed by atoms with Crippen LogP contribution in [0.25, 0.3) is 22.6 Å². The third kappa shape index (κ3) is 3.76. The lowest BCUT2D eigenvalue weighted by Crippen LogP contribution is -2.11. The zero-order chi connectivity index (χ0) is 22.1. The minimum absolute atomic E-state index is 0.238. The topological polar surface area (TPSA) is 59.4 Å². The number of nitrogens with zero attached hydrogens (tertiary/aromatic N) is 1. The summed E-state index contributed by atoms with van der Waals surface area (Å²) in [6, 6.07) is 22.8. The highest BCUT2D eigenvalue weighted by atomic mass is 16.5. The normalized spacial score (nSPS) is 14.0. The molecule has 0 atom stereocenters. The van der Waals surface area contributed by atoms with E-state index in [9.17, 15) is 9.90 Å². The Hall–Kier alpha value is -3.92. The molecule has 0 aliphatic heterocycles. The highest BCUT2D eigenvalue weighted by Gasteiger charge is 2.27. The predicted octanol–water partition coefficient (Wildman–Crippen LogP) is 6.09. The predicted molar refractivity (Wildman–Crippen MR) is 126 cm³/mol. The Morgan fingerprint density at radius 1 is 1.00 bits per heavy atom. The number of para-hydroxylation sites is 1. The Morgan fingerprint density at radius 3 is 2.56 bits per heavy atom. The van der Waals surface area contributed by atoms with E-state index in [4.69, 9.17) is 9.72 Å². The van der Waals surface area contributed by atoms with Crippen LogP contribution in [0.15, 0.2) is 72.8 Å². The molecule has 0 fully saturated rings. The summed E-state index contributed by atoms with van der Waals surface area (Å²) in [5, 5.41) is 10.4. The van der Waals surface area contributed by atoms with Gasteiger partial charge >= 0.3 is 5.97 Å². The summed E-state index contributed by atoms with van der Waals surface area (Å²) in [7, 11) is 0. The first-order valence-electron chi connectivity index (χ1n) is 10.7. The third-order valence-corrected chi connectivity index (χ3v) is 6.00. The molecule has 1 N–H and O–H groups in total. The number of fused-ring (bicyclic) bond motifs is 2. The smallest absolute Gasteiger partial charge is 0.339 e. The highest BCUT2D eigenvalue weighted by molar-refractivity contribution is 6.07. The van der Waals surface area contributed by atoms with Crippen molar-refractivity contribution in [1.82, 2.24) is 4.98 Å². The van der Waals surface area contributed by atoms with Gasteiger partial charge in [0, 0.05) is 5.39 Å². The first kappa shape index (κ1) is 20.0. The Labute approximate surface area is 186 Å². The van der Waals surface area contributed by atoms with Crippen molar-refractivity contribution in [3.8, 4) is 5.75 Å². The summed E-state index contributed by atoms with van der Waals surface area (Å²) >= 11 is 0. The van der Waals surface area contributed by atoms with Gasteiger partial charge in [0.1, 0.15) is 12.4 Å². The lowest BCUT2D eigenvalue weighted by Gasteiger charge is -2.13. The second-order valence-corrected chi connectivity index (χ2v) is 8.09. The Balaban J connectivity index is 1.55. The van der Waals surface area contributed by atoms with Crippen LogP contribution in [0, 0.1) is 6.92 Å². The molecule has 4 aromatic rings. The number of aryl methyl sites for hydroxylation is 1. The van der Waals surface area contributed by atoms with Crippen LogP contribution in [-0.4, -0.2) is 16.1 Å². The molecule has 0 bridgehead atoms.